The number of aromatic nitrogens is 1. The zero-order chi connectivity index (χ0) is 34.0. The van der Waals surface area contributed by atoms with Crippen LogP contribution < -0.4 is 15.2 Å². The van der Waals surface area contributed by atoms with E-state index in [0.717, 1.165) is 17.3 Å². The van der Waals surface area contributed by atoms with Gasteiger partial charge in [-0.25, -0.2) is 14.2 Å². The van der Waals surface area contributed by atoms with Crippen molar-refractivity contribution in [3.8, 4) is 5.75 Å². The highest BCUT2D eigenvalue weighted by Gasteiger charge is 2.38. The van der Waals surface area contributed by atoms with Crippen molar-refractivity contribution < 1.29 is 37.2 Å². The fourth-order valence-corrected chi connectivity index (χ4v) is 7.07. The number of piperidine rings is 2. The highest BCUT2D eigenvalue weighted by molar-refractivity contribution is 6.32. The Bertz CT molecular complexity index is 1660. The number of phenols is 1. The number of alkyl halides is 3. The fourth-order valence-electron chi connectivity index (χ4n) is 6.82. The first-order valence-electron chi connectivity index (χ1n) is 16.0. The van der Waals surface area contributed by atoms with Crippen LogP contribution in [0, 0.1) is 0 Å². The quantitative estimate of drug-likeness (QED) is 0.304. The number of likely N-dealkylation sites (tertiary alicyclic amines) is 2. The molecule has 3 N–H and O–H groups in total. The summed E-state index contributed by atoms with van der Waals surface area (Å²) in [5, 5.41) is 15.2. The first-order valence-corrected chi connectivity index (χ1v) is 16.4. The van der Waals surface area contributed by atoms with Crippen molar-refractivity contribution in [1.82, 2.24) is 20.0 Å². The molecule has 1 atom stereocenters. The third kappa shape index (κ3) is 7.30. The van der Waals surface area contributed by atoms with Gasteiger partial charge in [-0.15, -0.1) is 0 Å². The number of benzene rings is 2. The van der Waals surface area contributed by atoms with Crippen molar-refractivity contribution in [2.24, 2.45) is 0 Å². The largest absolute Gasteiger partial charge is 0.506 e. The summed E-state index contributed by atoms with van der Waals surface area (Å²) < 4.78 is 43.2. The topological polar surface area (TPSA) is 109 Å². The van der Waals surface area contributed by atoms with E-state index in [-0.39, 0.29) is 30.1 Å². The van der Waals surface area contributed by atoms with Crippen LogP contribution in [-0.2, 0) is 23.9 Å². The van der Waals surface area contributed by atoms with Gasteiger partial charge >= 0.3 is 18.2 Å². The van der Waals surface area contributed by atoms with Gasteiger partial charge in [-0.3, -0.25) is 4.79 Å². The maximum absolute atomic E-state index is 13.9. The van der Waals surface area contributed by atoms with Crippen molar-refractivity contribution >= 4 is 35.3 Å². The molecule has 2 fully saturated rings. The number of hydrogen-bond donors (Lipinski definition) is 3. The van der Waals surface area contributed by atoms with Gasteiger partial charge < -0.3 is 30.4 Å². The van der Waals surface area contributed by atoms with Crippen LogP contribution in [0.25, 0.3) is 0 Å². The maximum Gasteiger partial charge on any atom is 0.420 e. The highest BCUT2D eigenvalue weighted by Crippen LogP contribution is 2.40. The van der Waals surface area contributed by atoms with Crippen LogP contribution in [0.2, 0.25) is 5.02 Å². The van der Waals surface area contributed by atoms with Crippen LogP contribution >= 0.6 is 11.6 Å². The number of para-hydroxylation sites is 1. The van der Waals surface area contributed by atoms with E-state index in [1.54, 1.807) is 14.7 Å². The van der Waals surface area contributed by atoms with E-state index < -0.39 is 40.5 Å². The molecule has 0 bridgehead atoms. The molecule has 1 aromatic heterocycles. The van der Waals surface area contributed by atoms with Crippen molar-refractivity contribution in [3.63, 3.8) is 0 Å². The molecule has 0 aliphatic carbocycles. The second kappa shape index (κ2) is 13.9. The molecule has 2 saturated heterocycles. The molecule has 4 heterocycles. The second-order valence-electron chi connectivity index (χ2n) is 12.5. The summed E-state index contributed by atoms with van der Waals surface area (Å²) >= 11 is 5.98. The molecule has 0 radical (unpaired) electrons. The summed E-state index contributed by atoms with van der Waals surface area (Å²) in [6.45, 7) is 1.93. The average molecular weight is 686 g/mol. The lowest BCUT2D eigenvalue weighted by molar-refractivity contribution is -0.725. The first-order chi connectivity index (χ1) is 23.0. The van der Waals surface area contributed by atoms with Gasteiger partial charge in [0, 0.05) is 75.8 Å². The van der Waals surface area contributed by atoms with E-state index in [1.807, 2.05) is 54.9 Å². The molecule has 0 spiro atoms. The van der Waals surface area contributed by atoms with Crippen LogP contribution in [0.1, 0.15) is 48.4 Å². The highest BCUT2D eigenvalue weighted by atomic mass is 35.5. The maximum atomic E-state index is 13.9. The molecule has 0 unspecified atom stereocenters. The molecule has 5 amide bonds. The fraction of sp³-hybridized carbons (Fsp3) is 0.412. The van der Waals surface area contributed by atoms with Crippen molar-refractivity contribution in [2.75, 3.05) is 31.5 Å². The predicted molar refractivity (Wildman–Crippen MR) is 171 cm³/mol. The summed E-state index contributed by atoms with van der Waals surface area (Å²) in [4.78, 5) is 45.3. The normalized spacial score (nSPS) is 18.2. The van der Waals surface area contributed by atoms with Crippen LogP contribution in [0.3, 0.4) is 0 Å². The SMILES string of the molecule is O=C(N[C@H](Cc1cc(Cl)c(O)c(C(F)(F)F)c1)C(=O)N1CCC([n+]2ccccc2)CC1)N1CCC(N2Cc3ccccc3NC2=O)CC1. The summed E-state index contributed by atoms with van der Waals surface area (Å²) in [6, 6.07) is 13.5. The zero-order valence-corrected chi connectivity index (χ0v) is 26.9. The minimum atomic E-state index is -4.87. The van der Waals surface area contributed by atoms with Crippen LogP contribution in [0.4, 0.5) is 28.4 Å². The number of carbonyl (C=O) groups is 3. The molecule has 14 heteroatoms. The Kier molecular flexibility index (Phi) is 9.68. The molecular formula is C34H37ClF3N6O4+. The number of nitrogens with one attached hydrogen (secondary N) is 2. The van der Waals surface area contributed by atoms with Gasteiger partial charge in [0.15, 0.2) is 18.4 Å². The zero-order valence-electron chi connectivity index (χ0n) is 26.1. The number of anilines is 1. The number of amides is 5. The number of aromatic hydroxyl groups is 1. The van der Waals surface area contributed by atoms with Crippen molar-refractivity contribution in [3.05, 3.63) is 88.7 Å². The van der Waals surface area contributed by atoms with Crippen molar-refractivity contribution in [1.29, 1.82) is 0 Å². The molecule has 3 aromatic rings. The van der Waals surface area contributed by atoms with Gasteiger partial charge in [-0.1, -0.05) is 35.9 Å². The molecule has 3 aliphatic heterocycles. The minimum absolute atomic E-state index is 0.0496. The Morgan fingerprint density at radius 3 is 2.33 bits per heavy atom. The predicted octanol–water partition coefficient (Wildman–Crippen LogP) is 5.35. The summed E-state index contributed by atoms with van der Waals surface area (Å²) in [5.41, 5.74) is 0.530. The number of hydrogen-bond acceptors (Lipinski definition) is 4. The van der Waals surface area contributed by atoms with Gasteiger partial charge in [-0.2, -0.15) is 13.2 Å². The summed E-state index contributed by atoms with van der Waals surface area (Å²) in [7, 11) is 0. The molecule has 254 valence electrons. The Labute approximate surface area is 281 Å². The second-order valence-corrected chi connectivity index (χ2v) is 12.9. The molecule has 2 aromatic carbocycles. The lowest BCUT2D eigenvalue weighted by Gasteiger charge is -2.41. The number of fused-ring (bicyclic) bond motifs is 1. The number of phenolic OH excluding ortho intramolecular Hbond substituents is 1. The average Bonchev–Trinajstić information content (AvgIpc) is 3.09. The number of urea groups is 2. The standard InChI is InChI=1S/C34H36ClF3N6O4/c35-27-19-22(18-26(30(27)45)34(36,37)38)20-29(31(46)42-14-8-24(9-15-42)41-12-4-1-5-13-41)40-32(47)43-16-10-25(11-17-43)44-21-23-6-2-3-7-28(23)39-33(44)48/h1-7,12-13,18-19,24-25,29H,8-11,14-17,20-21H2,(H2-,39,40,45,47,48)/p+1/t29-/m1/s1. The van der Waals surface area contributed by atoms with Gasteiger partial charge in [0.1, 0.15) is 11.8 Å². The van der Waals surface area contributed by atoms with Gasteiger partial charge in [-0.05, 0) is 42.2 Å². The van der Waals surface area contributed by atoms with Gasteiger partial charge in [0.25, 0.3) is 0 Å². The number of halogens is 4. The van der Waals surface area contributed by atoms with E-state index in [1.165, 1.54) is 6.07 Å². The third-order valence-corrected chi connectivity index (χ3v) is 9.74. The first kappa shape index (κ1) is 33.4. The van der Waals surface area contributed by atoms with Gasteiger partial charge in [0.2, 0.25) is 5.91 Å². The monoisotopic (exact) mass is 685 g/mol. The Morgan fingerprint density at radius 2 is 1.65 bits per heavy atom. The summed E-state index contributed by atoms with van der Waals surface area (Å²) in [5.74, 6) is -1.50. The van der Waals surface area contributed by atoms with Crippen LogP contribution in [0.5, 0.6) is 5.75 Å². The van der Waals surface area contributed by atoms with Crippen molar-refractivity contribution in [2.45, 2.75) is 63.0 Å². The number of pyridine rings is 1. The number of nitrogens with zero attached hydrogens (tertiary/aromatic N) is 4. The molecule has 3 aliphatic rings. The smallest absolute Gasteiger partial charge is 0.420 e. The molecular weight excluding hydrogens is 649 g/mol. The van der Waals surface area contributed by atoms with E-state index in [9.17, 15) is 32.7 Å². The Hall–Kier alpha value is -4.52. The van der Waals surface area contributed by atoms with Crippen LogP contribution in [-0.4, -0.2) is 76.0 Å². The van der Waals surface area contributed by atoms with E-state index in [0.29, 0.717) is 58.4 Å². The van der Waals surface area contributed by atoms with E-state index in [4.69, 9.17) is 11.6 Å². The molecule has 6 rings (SSSR count). The molecule has 48 heavy (non-hydrogen) atoms. The summed E-state index contributed by atoms with van der Waals surface area (Å²) in [6.07, 6.45) is 1.20. The Morgan fingerprint density at radius 1 is 0.979 bits per heavy atom. The third-order valence-electron chi connectivity index (χ3n) is 9.45. The van der Waals surface area contributed by atoms with E-state index in [2.05, 4.69) is 15.2 Å². The van der Waals surface area contributed by atoms with E-state index >= 15 is 0 Å². The van der Waals surface area contributed by atoms with Gasteiger partial charge in [0.05, 0.1) is 10.6 Å². The lowest BCUT2D eigenvalue weighted by atomic mass is 9.99. The Balaban J connectivity index is 1.14. The number of rotatable bonds is 6. The minimum Gasteiger partial charge on any atom is -0.506 e. The number of carbonyl (C=O) groups excluding carboxylic acids is 3. The lowest BCUT2D eigenvalue weighted by Crippen LogP contribution is -2.57. The molecule has 10 nitrogen and oxygen atoms in total. The van der Waals surface area contributed by atoms with Crippen LogP contribution in [0.15, 0.2) is 67.0 Å². The molecule has 0 saturated carbocycles.